The zero-order valence-electron chi connectivity index (χ0n) is 14.3. The SMILES string of the molecule is O=S(=O)(Nc1cnc(-c2ccccc2)nc1)c1ccc2c(c1)OCCCO2. The quantitative estimate of drug-likeness (QED) is 0.744. The first-order chi connectivity index (χ1) is 13.1. The molecule has 1 N–H and O–H groups in total. The Labute approximate surface area is 157 Å². The van der Waals surface area contributed by atoms with Crippen LogP contribution in [0, 0.1) is 0 Å². The first kappa shape index (κ1) is 17.3. The van der Waals surface area contributed by atoms with Crippen molar-refractivity contribution < 1.29 is 17.9 Å². The van der Waals surface area contributed by atoms with E-state index in [0.717, 1.165) is 12.0 Å². The molecule has 1 aliphatic rings. The standard InChI is InChI=1S/C19H17N3O4S/c23-27(24,16-7-8-17-18(11-16)26-10-4-9-25-17)22-15-12-20-19(21-13-15)14-5-2-1-3-6-14/h1-3,5-8,11-13,22H,4,9-10H2. The molecule has 2 heterocycles. The summed E-state index contributed by atoms with van der Waals surface area (Å²) in [7, 11) is -3.80. The van der Waals surface area contributed by atoms with E-state index in [2.05, 4.69) is 14.7 Å². The van der Waals surface area contributed by atoms with Crippen LogP contribution in [0.5, 0.6) is 11.5 Å². The van der Waals surface area contributed by atoms with Crippen molar-refractivity contribution in [3.63, 3.8) is 0 Å². The lowest BCUT2D eigenvalue weighted by atomic mass is 10.2. The minimum absolute atomic E-state index is 0.0823. The highest BCUT2D eigenvalue weighted by molar-refractivity contribution is 7.92. The molecule has 0 amide bonds. The highest BCUT2D eigenvalue weighted by Crippen LogP contribution is 2.32. The third-order valence-electron chi connectivity index (χ3n) is 3.97. The van der Waals surface area contributed by atoms with Crippen molar-refractivity contribution in [3.8, 4) is 22.9 Å². The average molecular weight is 383 g/mol. The minimum atomic E-state index is -3.80. The fourth-order valence-corrected chi connectivity index (χ4v) is 3.68. The highest BCUT2D eigenvalue weighted by atomic mass is 32.2. The zero-order chi connectivity index (χ0) is 18.7. The largest absolute Gasteiger partial charge is 0.490 e. The van der Waals surface area contributed by atoms with Gasteiger partial charge in [-0.25, -0.2) is 18.4 Å². The van der Waals surface area contributed by atoms with Gasteiger partial charge in [0.05, 0.1) is 36.2 Å². The summed E-state index contributed by atoms with van der Waals surface area (Å²) in [5, 5.41) is 0. The van der Waals surface area contributed by atoms with Crippen molar-refractivity contribution in [3.05, 3.63) is 60.9 Å². The zero-order valence-corrected chi connectivity index (χ0v) is 15.1. The van der Waals surface area contributed by atoms with Crippen LogP contribution < -0.4 is 14.2 Å². The summed E-state index contributed by atoms with van der Waals surface area (Å²) in [6.07, 6.45) is 3.63. The van der Waals surface area contributed by atoms with Gasteiger partial charge in [0.1, 0.15) is 0 Å². The van der Waals surface area contributed by atoms with Gasteiger partial charge in [-0.2, -0.15) is 0 Å². The van der Waals surface area contributed by atoms with Crippen LogP contribution in [0.3, 0.4) is 0 Å². The molecule has 7 nitrogen and oxygen atoms in total. The van der Waals surface area contributed by atoms with Gasteiger partial charge in [0.15, 0.2) is 17.3 Å². The maximum atomic E-state index is 12.7. The monoisotopic (exact) mass is 383 g/mol. The molecule has 3 aromatic rings. The predicted octanol–water partition coefficient (Wildman–Crippen LogP) is 3.11. The molecule has 0 atom stereocenters. The fraction of sp³-hybridized carbons (Fsp3) is 0.158. The normalized spacial score (nSPS) is 13.6. The number of nitrogens with zero attached hydrogens (tertiary/aromatic N) is 2. The van der Waals surface area contributed by atoms with Crippen LogP contribution >= 0.6 is 0 Å². The summed E-state index contributed by atoms with van der Waals surface area (Å²) in [4.78, 5) is 8.54. The van der Waals surface area contributed by atoms with Crippen molar-refractivity contribution >= 4 is 15.7 Å². The lowest BCUT2D eigenvalue weighted by Gasteiger charge is -2.11. The van der Waals surface area contributed by atoms with Crippen molar-refractivity contribution in [1.29, 1.82) is 0 Å². The minimum Gasteiger partial charge on any atom is -0.490 e. The molecule has 0 aliphatic carbocycles. The van der Waals surface area contributed by atoms with E-state index in [4.69, 9.17) is 9.47 Å². The molecule has 138 valence electrons. The first-order valence-electron chi connectivity index (χ1n) is 8.42. The van der Waals surface area contributed by atoms with Gasteiger partial charge in [-0.15, -0.1) is 0 Å². The third-order valence-corrected chi connectivity index (χ3v) is 5.34. The summed E-state index contributed by atoms with van der Waals surface area (Å²) in [5.74, 6) is 1.49. The van der Waals surface area contributed by atoms with Gasteiger partial charge in [-0.05, 0) is 12.1 Å². The van der Waals surface area contributed by atoms with E-state index in [1.165, 1.54) is 24.5 Å². The van der Waals surface area contributed by atoms with E-state index in [-0.39, 0.29) is 10.6 Å². The van der Waals surface area contributed by atoms with Crippen molar-refractivity contribution in [2.75, 3.05) is 17.9 Å². The second kappa shape index (κ2) is 7.24. The molecule has 0 saturated carbocycles. The van der Waals surface area contributed by atoms with Crippen LogP contribution in [0.2, 0.25) is 0 Å². The van der Waals surface area contributed by atoms with Crippen LogP contribution in [-0.2, 0) is 10.0 Å². The van der Waals surface area contributed by atoms with E-state index in [1.54, 1.807) is 6.07 Å². The number of rotatable bonds is 4. The number of hydrogen-bond donors (Lipinski definition) is 1. The first-order valence-corrected chi connectivity index (χ1v) is 9.90. The van der Waals surface area contributed by atoms with Gasteiger partial charge >= 0.3 is 0 Å². The van der Waals surface area contributed by atoms with Gasteiger partial charge < -0.3 is 9.47 Å². The average Bonchev–Trinajstić information content (AvgIpc) is 2.94. The Bertz CT molecular complexity index is 1040. The third kappa shape index (κ3) is 3.85. The van der Waals surface area contributed by atoms with Gasteiger partial charge in [0.25, 0.3) is 10.0 Å². The second-order valence-electron chi connectivity index (χ2n) is 5.93. The molecule has 8 heteroatoms. The van der Waals surface area contributed by atoms with Gasteiger partial charge in [0.2, 0.25) is 0 Å². The molecule has 0 spiro atoms. The molecule has 0 bridgehead atoms. The number of nitrogens with one attached hydrogen (secondary N) is 1. The number of benzene rings is 2. The smallest absolute Gasteiger partial charge is 0.262 e. The van der Waals surface area contributed by atoms with E-state index < -0.39 is 10.0 Å². The molecule has 27 heavy (non-hydrogen) atoms. The Kier molecular flexibility index (Phi) is 4.64. The number of sulfonamides is 1. The Morgan fingerprint density at radius 3 is 2.33 bits per heavy atom. The molecule has 1 aromatic heterocycles. The summed E-state index contributed by atoms with van der Waals surface area (Å²) >= 11 is 0. The molecule has 0 fully saturated rings. The van der Waals surface area contributed by atoms with E-state index in [1.807, 2.05) is 30.3 Å². The predicted molar refractivity (Wildman–Crippen MR) is 100 cm³/mol. The molecular weight excluding hydrogens is 366 g/mol. The summed E-state index contributed by atoms with van der Waals surface area (Å²) in [5.41, 5.74) is 1.14. The number of ether oxygens (including phenoxy) is 2. The topological polar surface area (TPSA) is 90.4 Å². The fourth-order valence-electron chi connectivity index (χ4n) is 2.64. The Morgan fingerprint density at radius 2 is 1.59 bits per heavy atom. The van der Waals surface area contributed by atoms with E-state index in [9.17, 15) is 8.42 Å². The van der Waals surface area contributed by atoms with Crippen LogP contribution in [0.25, 0.3) is 11.4 Å². The Morgan fingerprint density at radius 1 is 0.889 bits per heavy atom. The van der Waals surface area contributed by atoms with E-state index in [0.29, 0.717) is 30.5 Å². The molecular formula is C19H17N3O4S. The van der Waals surface area contributed by atoms with Gasteiger partial charge in [-0.1, -0.05) is 30.3 Å². The molecule has 0 saturated heterocycles. The molecule has 0 unspecified atom stereocenters. The molecule has 4 rings (SSSR count). The number of aromatic nitrogens is 2. The maximum Gasteiger partial charge on any atom is 0.262 e. The summed E-state index contributed by atoms with van der Waals surface area (Å²) in [6, 6.07) is 14.0. The molecule has 0 radical (unpaired) electrons. The Balaban J connectivity index is 1.56. The van der Waals surface area contributed by atoms with Crippen molar-refractivity contribution in [2.24, 2.45) is 0 Å². The second-order valence-corrected chi connectivity index (χ2v) is 7.61. The number of fused-ring (bicyclic) bond motifs is 1. The van der Waals surface area contributed by atoms with Gasteiger partial charge in [0, 0.05) is 18.1 Å². The number of anilines is 1. The summed E-state index contributed by atoms with van der Waals surface area (Å²) in [6.45, 7) is 1.03. The van der Waals surface area contributed by atoms with Crippen LogP contribution in [0.15, 0.2) is 65.8 Å². The lowest BCUT2D eigenvalue weighted by molar-refractivity contribution is 0.297. The highest BCUT2D eigenvalue weighted by Gasteiger charge is 2.19. The molecule has 2 aromatic carbocycles. The van der Waals surface area contributed by atoms with Crippen LogP contribution in [-0.4, -0.2) is 31.6 Å². The maximum absolute atomic E-state index is 12.7. The summed E-state index contributed by atoms with van der Waals surface area (Å²) < 4.78 is 38.9. The lowest BCUT2D eigenvalue weighted by Crippen LogP contribution is -2.13. The van der Waals surface area contributed by atoms with Crippen molar-refractivity contribution in [2.45, 2.75) is 11.3 Å². The van der Waals surface area contributed by atoms with Crippen LogP contribution in [0.1, 0.15) is 6.42 Å². The Hall–Kier alpha value is -3.13. The van der Waals surface area contributed by atoms with Gasteiger partial charge in [-0.3, -0.25) is 4.72 Å². The van der Waals surface area contributed by atoms with E-state index >= 15 is 0 Å². The van der Waals surface area contributed by atoms with Crippen LogP contribution in [0.4, 0.5) is 5.69 Å². The number of hydrogen-bond acceptors (Lipinski definition) is 6. The molecule has 1 aliphatic heterocycles. The van der Waals surface area contributed by atoms with Crippen molar-refractivity contribution in [1.82, 2.24) is 9.97 Å².